The Morgan fingerprint density at radius 2 is 1.73 bits per heavy atom. The van der Waals surface area contributed by atoms with E-state index in [0.717, 1.165) is 24.2 Å². The first-order chi connectivity index (χ1) is 12.6. The van der Waals surface area contributed by atoms with Crippen molar-refractivity contribution in [2.24, 2.45) is 11.7 Å². The second-order valence-electron chi connectivity index (χ2n) is 7.06. The highest BCUT2D eigenvalue weighted by atomic mass is 16.2. The highest BCUT2D eigenvalue weighted by Gasteiger charge is 2.38. The highest BCUT2D eigenvalue weighted by Crippen LogP contribution is 2.36. The number of primary amides is 1. The summed E-state index contributed by atoms with van der Waals surface area (Å²) in [7, 11) is 0. The van der Waals surface area contributed by atoms with E-state index in [9.17, 15) is 9.59 Å². The van der Waals surface area contributed by atoms with Gasteiger partial charge in [0.15, 0.2) is 0 Å². The highest BCUT2D eigenvalue weighted by molar-refractivity contribution is 5.89. The molecule has 4 rings (SSSR count). The molecule has 0 radical (unpaired) electrons. The van der Waals surface area contributed by atoms with Crippen molar-refractivity contribution < 1.29 is 9.59 Å². The maximum atomic E-state index is 13.4. The summed E-state index contributed by atoms with van der Waals surface area (Å²) >= 11 is 0. The van der Waals surface area contributed by atoms with Gasteiger partial charge in [0.05, 0.1) is 5.92 Å². The van der Waals surface area contributed by atoms with Gasteiger partial charge in [-0.3, -0.25) is 9.59 Å². The number of carbonyl (C=O) groups is 2. The predicted molar refractivity (Wildman–Crippen MR) is 101 cm³/mol. The molecular formula is C21H23N3O2. The van der Waals surface area contributed by atoms with Gasteiger partial charge in [-0.2, -0.15) is 0 Å². The third kappa shape index (κ3) is 2.94. The SMILES string of the molecule is NC(=O)[C@H]1CCN(C(=O)[C@@H](c2ccccc2)N2CCc3ccccc32)C1. The molecule has 2 aromatic rings. The molecule has 2 N–H and O–H groups in total. The molecule has 2 atom stereocenters. The average molecular weight is 349 g/mol. The standard InChI is InChI=1S/C21H23N3O2/c22-20(25)17-10-12-23(14-17)21(26)19(16-7-2-1-3-8-16)24-13-11-15-6-4-5-9-18(15)24/h1-9,17,19H,10-14H2,(H2,22,25)/t17-,19+/m0/s1. The van der Waals surface area contributed by atoms with Crippen molar-refractivity contribution in [3.05, 3.63) is 65.7 Å². The Hall–Kier alpha value is -2.82. The quantitative estimate of drug-likeness (QED) is 0.919. The summed E-state index contributed by atoms with van der Waals surface area (Å²) in [5.41, 5.74) is 8.83. The van der Waals surface area contributed by atoms with Gasteiger partial charge in [-0.15, -0.1) is 0 Å². The Labute approximate surface area is 153 Å². The zero-order valence-corrected chi connectivity index (χ0v) is 14.7. The molecule has 2 aliphatic heterocycles. The largest absolute Gasteiger partial charge is 0.369 e. The molecule has 0 spiro atoms. The van der Waals surface area contributed by atoms with Crippen LogP contribution in [0.25, 0.3) is 0 Å². The maximum Gasteiger partial charge on any atom is 0.249 e. The normalized spacial score (nSPS) is 20.1. The first-order valence-electron chi connectivity index (χ1n) is 9.13. The number of likely N-dealkylation sites (tertiary alicyclic amines) is 1. The minimum atomic E-state index is -0.369. The second kappa shape index (κ2) is 6.83. The minimum Gasteiger partial charge on any atom is -0.369 e. The number of nitrogens with two attached hydrogens (primary N) is 1. The van der Waals surface area contributed by atoms with Crippen LogP contribution in [-0.2, 0) is 16.0 Å². The van der Waals surface area contributed by atoms with Crippen LogP contribution in [0.4, 0.5) is 5.69 Å². The summed E-state index contributed by atoms with van der Waals surface area (Å²) in [4.78, 5) is 28.9. The molecule has 1 saturated heterocycles. The van der Waals surface area contributed by atoms with Crippen molar-refractivity contribution in [1.29, 1.82) is 0 Å². The molecule has 26 heavy (non-hydrogen) atoms. The van der Waals surface area contributed by atoms with Gasteiger partial charge in [0.2, 0.25) is 11.8 Å². The van der Waals surface area contributed by atoms with Crippen LogP contribution < -0.4 is 10.6 Å². The lowest BCUT2D eigenvalue weighted by molar-refractivity contribution is -0.132. The summed E-state index contributed by atoms with van der Waals surface area (Å²) in [5, 5.41) is 0. The molecule has 134 valence electrons. The van der Waals surface area contributed by atoms with Gasteiger partial charge < -0.3 is 15.5 Å². The topological polar surface area (TPSA) is 66.6 Å². The van der Waals surface area contributed by atoms with Crippen LogP contribution in [0, 0.1) is 5.92 Å². The third-order valence-electron chi connectivity index (χ3n) is 5.49. The molecule has 0 unspecified atom stereocenters. The molecule has 5 nitrogen and oxygen atoms in total. The first kappa shape index (κ1) is 16.6. The number of anilines is 1. The fourth-order valence-corrected chi connectivity index (χ4v) is 4.09. The zero-order chi connectivity index (χ0) is 18.1. The van der Waals surface area contributed by atoms with Gasteiger partial charge in [-0.05, 0) is 30.0 Å². The first-order valence-corrected chi connectivity index (χ1v) is 9.13. The summed E-state index contributed by atoms with van der Waals surface area (Å²) in [6.45, 7) is 1.83. The summed E-state index contributed by atoms with van der Waals surface area (Å²) in [5.74, 6) is -0.499. The number of amides is 2. The molecule has 2 amide bonds. The molecule has 0 aliphatic carbocycles. The van der Waals surface area contributed by atoms with Crippen LogP contribution in [0.1, 0.15) is 23.6 Å². The van der Waals surface area contributed by atoms with Crippen LogP contribution >= 0.6 is 0 Å². The van der Waals surface area contributed by atoms with Crippen molar-refractivity contribution >= 4 is 17.5 Å². The summed E-state index contributed by atoms with van der Waals surface area (Å²) in [6, 6.07) is 17.8. The van der Waals surface area contributed by atoms with E-state index in [0.29, 0.717) is 19.5 Å². The Morgan fingerprint density at radius 1 is 1.00 bits per heavy atom. The van der Waals surface area contributed by atoms with Crippen LogP contribution in [0.2, 0.25) is 0 Å². The van der Waals surface area contributed by atoms with E-state index >= 15 is 0 Å². The number of nitrogens with zero attached hydrogens (tertiary/aromatic N) is 2. The zero-order valence-electron chi connectivity index (χ0n) is 14.7. The Kier molecular flexibility index (Phi) is 4.37. The van der Waals surface area contributed by atoms with Crippen molar-refractivity contribution in [3.63, 3.8) is 0 Å². The number of benzene rings is 2. The van der Waals surface area contributed by atoms with Crippen molar-refractivity contribution in [3.8, 4) is 0 Å². The van der Waals surface area contributed by atoms with Crippen molar-refractivity contribution in [1.82, 2.24) is 4.90 Å². The van der Waals surface area contributed by atoms with Gasteiger partial charge in [0, 0.05) is 25.3 Å². The van der Waals surface area contributed by atoms with Crippen LogP contribution in [0.15, 0.2) is 54.6 Å². The van der Waals surface area contributed by atoms with Crippen LogP contribution in [0.3, 0.4) is 0 Å². The molecule has 1 fully saturated rings. The van der Waals surface area contributed by atoms with E-state index < -0.39 is 0 Å². The molecular weight excluding hydrogens is 326 g/mol. The number of para-hydroxylation sites is 1. The van der Waals surface area contributed by atoms with Gasteiger partial charge >= 0.3 is 0 Å². The molecule has 2 aliphatic rings. The van der Waals surface area contributed by atoms with Crippen LogP contribution in [0.5, 0.6) is 0 Å². The van der Waals surface area contributed by atoms with E-state index in [4.69, 9.17) is 5.73 Å². The second-order valence-corrected chi connectivity index (χ2v) is 7.06. The molecule has 0 saturated carbocycles. The van der Waals surface area contributed by atoms with Crippen molar-refractivity contribution in [2.75, 3.05) is 24.5 Å². The lowest BCUT2D eigenvalue weighted by atomic mass is 10.0. The van der Waals surface area contributed by atoms with Gasteiger partial charge in [-0.25, -0.2) is 0 Å². The van der Waals surface area contributed by atoms with E-state index in [1.807, 2.05) is 42.5 Å². The van der Waals surface area contributed by atoms with E-state index in [2.05, 4.69) is 17.0 Å². The molecule has 2 aromatic carbocycles. The third-order valence-corrected chi connectivity index (χ3v) is 5.49. The van der Waals surface area contributed by atoms with Gasteiger partial charge in [0.25, 0.3) is 0 Å². The van der Waals surface area contributed by atoms with Gasteiger partial charge in [0.1, 0.15) is 6.04 Å². The number of hydrogen-bond acceptors (Lipinski definition) is 3. The lowest BCUT2D eigenvalue weighted by Crippen LogP contribution is -2.42. The van der Waals surface area contributed by atoms with E-state index in [-0.39, 0.29) is 23.8 Å². The number of carbonyl (C=O) groups excluding carboxylic acids is 2. The van der Waals surface area contributed by atoms with Crippen LogP contribution in [-0.4, -0.2) is 36.3 Å². The number of fused-ring (bicyclic) bond motifs is 1. The minimum absolute atomic E-state index is 0.0525. The molecule has 5 heteroatoms. The fourth-order valence-electron chi connectivity index (χ4n) is 4.09. The smallest absolute Gasteiger partial charge is 0.249 e. The van der Waals surface area contributed by atoms with Gasteiger partial charge in [-0.1, -0.05) is 48.5 Å². The average Bonchev–Trinajstić information content (AvgIpc) is 3.31. The Balaban J connectivity index is 1.67. The maximum absolute atomic E-state index is 13.4. The monoisotopic (exact) mass is 349 g/mol. The van der Waals surface area contributed by atoms with Crippen molar-refractivity contribution in [2.45, 2.75) is 18.9 Å². The fraction of sp³-hybridized carbons (Fsp3) is 0.333. The Bertz CT molecular complexity index is 821. The number of hydrogen-bond donors (Lipinski definition) is 1. The predicted octanol–water partition coefficient (Wildman–Crippen LogP) is 2.12. The lowest BCUT2D eigenvalue weighted by Gasteiger charge is -2.33. The molecule has 0 bridgehead atoms. The summed E-state index contributed by atoms with van der Waals surface area (Å²) in [6.07, 6.45) is 1.59. The molecule has 0 aromatic heterocycles. The Morgan fingerprint density at radius 3 is 2.46 bits per heavy atom. The molecule has 2 heterocycles. The van der Waals surface area contributed by atoms with E-state index in [1.54, 1.807) is 4.90 Å². The van der Waals surface area contributed by atoms with E-state index in [1.165, 1.54) is 5.56 Å². The summed E-state index contributed by atoms with van der Waals surface area (Å²) < 4.78 is 0. The number of rotatable bonds is 4.